The Morgan fingerprint density at radius 3 is 2.76 bits per heavy atom. The molecule has 0 atom stereocenters. The standard InChI is InChI=1S/C21H20N2OS/c1-5-11-23-18-10-9-16(14(2)3)13-19(18)25-21(23)22-20(24)17-8-6-7-15(4)12-17/h1,6-10,12-14H,11H2,2-4H3. The highest BCUT2D eigenvalue weighted by atomic mass is 32.1. The van der Waals surface area contributed by atoms with E-state index in [-0.39, 0.29) is 5.91 Å². The van der Waals surface area contributed by atoms with Gasteiger partial charge in [-0.2, -0.15) is 4.99 Å². The number of terminal acetylenes is 1. The van der Waals surface area contributed by atoms with E-state index < -0.39 is 0 Å². The molecule has 1 aromatic heterocycles. The molecule has 4 heteroatoms. The molecule has 25 heavy (non-hydrogen) atoms. The monoisotopic (exact) mass is 348 g/mol. The van der Waals surface area contributed by atoms with Crippen LogP contribution in [0.15, 0.2) is 47.5 Å². The highest BCUT2D eigenvalue weighted by Gasteiger charge is 2.10. The Labute approximate surface area is 151 Å². The lowest BCUT2D eigenvalue weighted by Crippen LogP contribution is -2.16. The van der Waals surface area contributed by atoms with Crippen LogP contribution in [-0.4, -0.2) is 10.5 Å². The second-order valence-electron chi connectivity index (χ2n) is 6.34. The molecular formula is C21H20N2OS. The largest absolute Gasteiger partial charge is 0.305 e. The molecule has 0 spiro atoms. The van der Waals surface area contributed by atoms with Gasteiger partial charge in [-0.3, -0.25) is 4.79 Å². The molecule has 1 amide bonds. The van der Waals surface area contributed by atoms with Crippen molar-refractivity contribution in [3.63, 3.8) is 0 Å². The van der Waals surface area contributed by atoms with E-state index in [1.807, 2.05) is 29.7 Å². The van der Waals surface area contributed by atoms with E-state index in [2.05, 4.69) is 43.0 Å². The van der Waals surface area contributed by atoms with Crippen molar-refractivity contribution < 1.29 is 4.79 Å². The Kier molecular flexibility index (Phi) is 4.87. The van der Waals surface area contributed by atoms with Crippen molar-refractivity contribution in [2.75, 3.05) is 0 Å². The lowest BCUT2D eigenvalue weighted by molar-refractivity contribution is 0.0998. The molecule has 126 valence electrons. The van der Waals surface area contributed by atoms with Gasteiger partial charge in [0.15, 0.2) is 4.80 Å². The van der Waals surface area contributed by atoms with Crippen molar-refractivity contribution in [1.29, 1.82) is 0 Å². The number of carbonyl (C=O) groups is 1. The normalized spacial score (nSPS) is 11.9. The first-order valence-electron chi connectivity index (χ1n) is 8.22. The van der Waals surface area contributed by atoms with Gasteiger partial charge in [0.05, 0.1) is 16.8 Å². The summed E-state index contributed by atoms with van der Waals surface area (Å²) in [7, 11) is 0. The topological polar surface area (TPSA) is 34.4 Å². The van der Waals surface area contributed by atoms with Crippen LogP contribution in [0.4, 0.5) is 0 Å². The molecule has 0 N–H and O–H groups in total. The zero-order valence-corrected chi connectivity index (χ0v) is 15.4. The summed E-state index contributed by atoms with van der Waals surface area (Å²) in [6, 6.07) is 13.8. The quantitative estimate of drug-likeness (QED) is 0.641. The van der Waals surface area contributed by atoms with E-state index in [0.29, 0.717) is 22.8 Å². The first kappa shape index (κ1) is 17.2. The van der Waals surface area contributed by atoms with Crippen LogP contribution in [0.1, 0.15) is 41.3 Å². The van der Waals surface area contributed by atoms with Crippen molar-refractivity contribution >= 4 is 27.5 Å². The summed E-state index contributed by atoms with van der Waals surface area (Å²) in [6.45, 7) is 6.68. The lowest BCUT2D eigenvalue weighted by atomic mass is 10.0. The van der Waals surface area contributed by atoms with E-state index in [9.17, 15) is 4.79 Å². The number of hydrogen-bond donors (Lipinski definition) is 0. The number of amides is 1. The van der Waals surface area contributed by atoms with Crippen LogP contribution in [-0.2, 0) is 6.54 Å². The fourth-order valence-corrected chi connectivity index (χ4v) is 3.78. The SMILES string of the molecule is C#CCn1c(=NC(=O)c2cccc(C)c2)sc2cc(C(C)C)ccc21. The van der Waals surface area contributed by atoms with Gasteiger partial charge in [-0.05, 0) is 42.7 Å². The molecule has 0 fully saturated rings. The number of nitrogens with zero attached hydrogens (tertiary/aromatic N) is 2. The predicted molar refractivity (Wildman–Crippen MR) is 104 cm³/mol. The zero-order chi connectivity index (χ0) is 18.0. The maximum atomic E-state index is 12.5. The summed E-state index contributed by atoms with van der Waals surface area (Å²) in [4.78, 5) is 17.5. The van der Waals surface area contributed by atoms with E-state index in [1.165, 1.54) is 16.9 Å². The number of rotatable bonds is 3. The summed E-state index contributed by atoms with van der Waals surface area (Å²) in [5.41, 5.74) is 3.91. The minimum absolute atomic E-state index is 0.245. The van der Waals surface area contributed by atoms with Gasteiger partial charge in [0.1, 0.15) is 0 Å². The van der Waals surface area contributed by atoms with Gasteiger partial charge in [0.25, 0.3) is 5.91 Å². The fourth-order valence-electron chi connectivity index (χ4n) is 2.71. The van der Waals surface area contributed by atoms with Gasteiger partial charge < -0.3 is 4.57 Å². The number of fused-ring (bicyclic) bond motifs is 1. The van der Waals surface area contributed by atoms with Gasteiger partial charge in [0, 0.05) is 5.56 Å². The number of aromatic nitrogens is 1. The number of hydrogen-bond acceptors (Lipinski definition) is 2. The van der Waals surface area contributed by atoms with Crippen LogP contribution >= 0.6 is 11.3 Å². The predicted octanol–water partition coefficient (Wildman–Crippen LogP) is 4.51. The second-order valence-corrected chi connectivity index (χ2v) is 7.35. The molecule has 3 aromatic rings. The molecule has 1 heterocycles. The van der Waals surface area contributed by atoms with Gasteiger partial charge in [-0.15, -0.1) is 6.42 Å². The van der Waals surface area contributed by atoms with Crippen molar-refractivity contribution in [2.24, 2.45) is 4.99 Å². The van der Waals surface area contributed by atoms with Gasteiger partial charge in [-0.1, -0.05) is 54.9 Å². The Hall–Kier alpha value is -2.64. The van der Waals surface area contributed by atoms with Gasteiger partial charge in [-0.25, -0.2) is 0 Å². The molecule has 0 aliphatic heterocycles. The summed E-state index contributed by atoms with van der Waals surface area (Å²) in [5.74, 6) is 2.86. The number of carbonyl (C=O) groups excluding carboxylic acids is 1. The van der Waals surface area contributed by atoms with E-state index >= 15 is 0 Å². The molecule has 0 bridgehead atoms. The third-order valence-corrected chi connectivity index (χ3v) is 5.13. The minimum atomic E-state index is -0.245. The highest BCUT2D eigenvalue weighted by molar-refractivity contribution is 7.16. The van der Waals surface area contributed by atoms with E-state index in [0.717, 1.165) is 15.8 Å². The first-order chi connectivity index (χ1) is 12.0. The third kappa shape index (κ3) is 3.57. The van der Waals surface area contributed by atoms with Crippen LogP contribution in [0.5, 0.6) is 0 Å². The summed E-state index contributed by atoms with van der Waals surface area (Å²) >= 11 is 1.50. The second kappa shape index (κ2) is 7.08. The van der Waals surface area contributed by atoms with Crippen LogP contribution in [0, 0.1) is 19.3 Å². The first-order valence-corrected chi connectivity index (χ1v) is 9.03. The summed E-state index contributed by atoms with van der Waals surface area (Å²) in [5, 5.41) is 0. The molecule has 0 aliphatic rings. The molecule has 0 saturated carbocycles. The molecule has 0 aliphatic carbocycles. The molecule has 0 unspecified atom stereocenters. The van der Waals surface area contributed by atoms with Crippen molar-refractivity contribution in [3.05, 3.63) is 64.0 Å². The van der Waals surface area contributed by atoms with Crippen LogP contribution in [0.2, 0.25) is 0 Å². The lowest BCUT2D eigenvalue weighted by Gasteiger charge is -2.05. The van der Waals surface area contributed by atoms with Crippen LogP contribution in [0.3, 0.4) is 0 Å². The summed E-state index contributed by atoms with van der Waals surface area (Å²) < 4.78 is 3.02. The average molecular weight is 348 g/mol. The van der Waals surface area contributed by atoms with Crippen molar-refractivity contribution in [2.45, 2.75) is 33.2 Å². The Bertz CT molecular complexity index is 1050. The zero-order valence-electron chi connectivity index (χ0n) is 14.6. The van der Waals surface area contributed by atoms with E-state index in [4.69, 9.17) is 6.42 Å². The molecule has 2 aromatic carbocycles. The minimum Gasteiger partial charge on any atom is -0.305 e. The molecule has 3 nitrogen and oxygen atoms in total. The van der Waals surface area contributed by atoms with E-state index in [1.54, 1.807) is 6.07 Å². The number of aryl methyl sites for hydroxylation is 1. The van der Waals surface area contributed by atoms with Crippen molar-refractivity contribution in [3.8, 4) is 12.3 Å². The van der Waals surface area contributed by atoms with Crippen LogP contribution < -0.4 is 4.80 Å². The fraction of sp³-hybridized carbons (Fsp3) is 0.238. The molecule has 3 rings (SSSR count). The van der Waals surface area contributed by atoms with Crippen molar-refractivity contribution in [1.82, 2.24) is 4.57 Å². The number of thiazole rings is 1. The number of benzene rings is 2. The molecule has 0 radical (unpaired) electrons. The molecular weight excluding hydrogens is 328 g/mol. The Morgan fingerprint density at radius 1 is 1.28 bits per heavy atom. The average Bonchev–Trinajstić information content (AvgIpc) is 2.92. The van der Waals surface area contributed by atoms with Gasteiger partial charge >= 0.3 is 0 Å². The van der Waals surface area contributed by atoms with Gasteiger partial charge in [0.2, 0.25) is 0 Å². The smallest absolute Gasteiger partial charge is 0.279 e. The van der Waals surface area contributed by atoms with Crippen LogP contribution in [0.25, 0.3) is 10.2 Å². The maximum Gasteiger partial charge on any atom is 0.279 e. The third-order valence-electron chi connectivity index (χ3n) is 4.09. The Balaban J connectivity index is 2.15. The summed E-state index contributed by atoms with van der Waals surface area (Å²) in [6.07, 6.45) is 5.53. The highest BCUT2D eigenvalue weighted by Crippen LogP contribution is 2.23. The molecule has 0 saturated heterocycles. The Morgan fingerprint density at radius 2 is 2.08 bits per heavy atom. The maximum absolute atomic E-state index is 12.5.